The minimum atomic E-state index is -0.291. The minimum absolute atomic E-state index is 0.223. The molecule has 0 radical (unpaired) electrons. The summed E-state index contributed by atoms with van der Waals surface area (Å²) in [4.78, 5) is 4.16. The molecular weight excluding hydrogens is 247 g/mol. The van der Waals surface area contributed by atoms with Crippen LogP contribution in [0.4, 0.5) is 4.39 Å². The monoisotopic (exact) mass is 264 g/mol. The van der Waals surface area contributed by atoms with Gasteiger partial charge in [0.25, 0.3) is 0 Å². The molecule has 1 N–H and O–H groups in total. The summed E-state index contributed by atoms with van der Waals surface area (Å²) in [6.07, 6.45) is 2.02. The number of likely N-dealkylation sites (N-methyl/N-ethyl adjacent to an activating group) is 1. The maximum Gasteiger partial charge on any atom is 0.138 e. The van der Waals surface area contributed by atoms with E-state index in [1.165, 1.54) is 19.5 Å². The molecule has 0 bridgehead atoms. The van der Waals surface area contributed by atoms with Gasteiger partial charge in [-0.05, 0) is 19.2 Å². The summed E-state index contributed by atoms with van der Waals surface area (Å²) in [5, 5.41) is 7.11. The summed E-state index contributed by atoms with van der Waals surface area (Å²) in [7, 11) is 5.13. The van der Waals surface area contributed by atoms with Crippen LogP contribution in [0.2, 0.25) is 0 Å². The number of ether oxygens (including phenoxy) is 1. The van der Waals surface area contributed by atoms with Crippen molar-refractivity contribution in [3.8, 4) is 5.75 Å². The van der Waals surface area contributed by atoms with Crippen molar-refractivity contribution in [1.29, 1.82) is 0 Å². The van der Waals surface area contributed by atoms with Gasteiger partial charge in [0.2, 0.25) is 0 Å². The Morgan fingerprint density at radius 3 is 2.84 bits per heavy atom. The molecule has 0 saturated carbocycles. The molecule has 102 valence electrons. The van der Waals surface area contributed by atoms with Gasteiger partial charge in [-0.15, -0.1) is 0 Å². The predicted octanol–water partition coefficient (Wildman–Crippen LogP) is 1.47. The van der Waals surface area contributed by atoms with E-state index in [2.05, 4.69) is 15.4 Å². The first-order chi connectivity index (χ1) is 9.17. The molecule has 2 rings (SSSR count). The van der Waals surface area contributed by atoms with Crippen molar-refractivity contribution < 1.29 is 9.13 Å². The molecule has 0 fully saturated rings. The van der Waals surface area contributed by atoms with Crippen LogP contribution in [0.15, 0.2) is 24.5 Å². The van der Waals surface area contributed by atoms with E-state index in [9.17, 15) is 4.39 Å². The SMILES string of the molecule is CNC(Cc1ncnn1C)c1c(F)cccc1OC. The third kappa shape index (κ3) is 2.73. The van der Waals surface area contributed by atoms with Crippen LogP contribution in [0.1, 0.15) is 17.4 Å². The topological polar surface area (TPSA) is 52.0 Å². The minimum Gasteiger partial charge on any atom is -0.496 e. The molecule has 0 amide bonds. The fourth-order valence-corrected chi connectivity index (χ4v) is 2.07. The number of hydrogen-bond donors (Lipinski definition) is 1. The fraction of sp³-hybridized carbons (Fsp3) is 0.385. The van der Waals surface area contributed by atoms with Gasteiger partial charge in [-0.3, -0.25) is 4.68 Å². The average Bonchev–Trinajstić information content (AvgIpc) is 2.81. The first kappa shape index (κ1) is 13.5. The molecule has 1 aromatic heterocycles. The van der Waals surface area contributed by atoms with Gasteiger partial charge in [0.05, 0.1) is 7.11 Å². The summed E-state index contributed by atoms with van der Waals surface area (Å²) in [5.41, 5.74) is 0.510. The second-order valence-corrected chi connectivity index (χ2v) is 4.20. The molecule has 0 aliphatic heterocycles. The van der Waals surface area contributed by atoms with E-state index in [1.807, 2.05) is 7.05 Å². The number of aryl methyl sites for hydroxylation is 1. The molecule has 1 aromatic carbocycles. The molecule has 0 spiro atoms. The Balaban J connectivity index is 2.34. The third-order valence-electron chi connectivity index (χ3n) is 3.12. The van der Waals surface area contributed by atoms with Crippen molar-refractivity contribution in [3.05, 3.63) is 41.7 Å². The third-order valence-corrected chi connectivity index (χ3v) is 3.12. The van der Waals surface area contributed by atoms with Crippen LogP contribution >= 0.6 is 0 Å². The molecule has 2 aromatic rings. The average molecular weight is 264 g/mol. The van der Waals surface area contributed by atoms with Crippen LogP contribution in [0.5, 0.6) is 5.75 Å². The summed E-state index contributed by atoms with van der Waals surface area (Å²) < 4.78 is 21.0. The molecule has 1 heterocycles. The van der Waals surface area contributed by atoms with Gasteiger partial charge in [0.15, 0.2) is 0 Å². The van der Waals surface area contributed by atoms with Gasteiger partial charge in [0, 0.05) is 25.1 Å². The summed E-state index contributed by atoms with van der Waals surface area (Å²) in [5.74, 6) is 1.02. The number of aromatic nitrogens is 3. The summed E-state index contributed by atoms with van der Waals surface area (Å²) in [6, 6.07) is 4.59. The lowest BCUT2D eigenvalue weighted by atomic mass is 10.0. The quantitative estimate of drug-likeness (QED) is 0.888. The van der Waals surface area contributed by atoms with Gasteiger partial charge in [-0.2, -0.15) is 5.10 Å². The Bertz CT molecular complexity index is 555. The Labute approximate surface area is 111 Å². The smallest absolute Gasteiger partial charge is 0.138 e. The van der Waals surface area contributed by atoms with Crippen LogP contribution in [0, 0.1) is 5.82 Å². The number of rotatable bonds is 5. The van der Waals surface area contributed by atoms with E-state index in [1.54, 1.807) is 23.9 Å². The van der Waals surface area contributed by atoms with Crippen molar-refractivity contribution >= 4 is 0 Å². The van der Waals surface area contributed by atoms with E-state index in [4.69, 9.17) is 4.74 Å². The molecule has 1 unspecified atom stereocenters. The Morgan fingerprint density at radius 2 is 2.26 bits per heavy atom. The zero-order valence-corrected chi connectivity index (χ0v) is 11.2. The molecular formula is C13H17FN4O. The highest BCUT2D eigenvalue weighted by atomic mass is 19.1. The number of nitrogens with zero attached hydrogens (tertiary/aromatic N) is 3. The van der Waals surface area contributed by atoms with Gasteiger partial charge >= 0.3 is 0 Å². The van der Waals surface area contributed by atoms with Crippen LogP contribution in [0.3, 0.4) is 0 Å². The first-order valence-electron chi connectivity index (χ1n) is 6.00. The highest BCUT2D eigenvalue weighted by Gasteiger charge is 2.21. The number of benzene rings is 1. The Kier molecular flexibility index (Phi) is 4.11. The zero-order valence-electron chi connectivity index (χ0n) is 11.2. The van der Waals surface area contributed by atoms with E-state index < -0.39 is 0 Å². The van der Waals surface area contributed by atoms with Crippen LogP contribution < -0.4 is 10.1 Å². The van der Waals surface area contributed by atoms with E-state index in [0.717, 1.165) is 5.82 Å². The lowest BCUT2D eigenvalue weighted by molar-refractivity contribution is 0.391. The van der Waals surface area contributed by atoms with E-state index >= 15 is 0 Å². The number of nitrogens with one attached hydrogen (secondary N) is 1. The van der Waals surface area contributed by atoms with E-state index in [0.29, 0.717) is 17.7 Å². The van der Waals surface area contributed by atoms with Gasteiger partial charge < -0.3 is 10.1 Å². The largest absolute Gasteiger partial charge is 0.496 e. The van der Waals surface area contributed by atoms with Crippen molar-refractivity contribution in [1.82, 2.24) is 20.1 Å². The van der Waals surface area contributed by atoms with Gasteiger partial charge in [-0.1, -0.05) is 6.07 Å². The first-order valence-corrected chi connectivity index (χ1v) is 6.00. The second-order valence-electron chi connectivity index (χ2n) is 4.20. The van der Waals surface area contributed by atoms with Gasteiger partial charge in [0.1, 0.15) is 23.7 Å². The van der Waals surface area contributed by atoms with Crippen molar-refractivity contribution in [2.45, 2.75) is 12.5 Å². The summed E-state index contributed by atoms with van der Waals surface area (Å²) in [6.45, 7) is 0. The standard InChI is InChI=1S/C13H17FN4O/c1-15-10(7-12-16-8-17-18(12)2)13-9(14)5-4-6-11(13)19-3/h4-6,8,10,15H,7H2,1-3H3. The normalized spacial score (nSPS) is 12.4. The molecule has 19 heavy (non-hydrogen) atoms. The molecule has 6 heteroatoms. The lowest BCUT2D eigenvalue weighted by Crippen LogP contribution is -2.22. The molecule has 0 aliphatic carbocycles. The molecule has 0 aliphatic rings. The molecule has 0 saturated heterocycles. The van der Waals surface area contributed by atoms with Crippen LogP contribution in [-0.2, 0) is 13.5 Å². The summed E-state index contributed by atoms with van der Waals surface area (Å²) >= 11 is 0. The van der Waals surface area contributed by atoms with Crippen molar-refractivity contribution in [3.63, 3.8) is 0 Å². The fourth-order valence-electron chi connectivity index (χ4n) is 2.07. The zero-order chi connectivity index (χ0) is 13.8. The van der Waals surface area contributed by atoms with Crippen molar-refractivity contribution in [2.24, 2.45) is 7.05 Å². The molecule has 1 atom stereocenters. The predicted molar refractivity (Wildman–Crippen MR) is 69.5 cm³/mol. The van der Waals surface area contributed by atoms with Gasteiger partial charge in [-0.25, -0.2) is 9.37 Å². The highest BCUT2D eigenvalue weighted by Crippen LogP contribution is 2.29. The lowest BCUT2D eigenvalue weighted by Gasteiger charge is -2.19. The van der Waals surface area contributed by atoms with Crippen LogP contribution in [-0.4, -0.2) is 28.9 Å². The van der Waals surface area contributed by atoms with Crippen molar-refractivity contribution in [2.75, 3.05) is 14.2 Å². The van der Waals surface area contributed by atoms with Crippen LogP contribution in [0.25, 0.3) is 0 Å². The number of methoxy groups -OCH3 is 1. The van der Waals surface area contributed by atoms with E-state index in [-0.39, 0.29) is 11.9 Å². The second kappa shape index (κ2) is 5.79. The Hall–Kier alpha value is -1.95. The number of hydrogen-bond acceptors (Lipinski definition) is 4. The number of halogens is 1. The maximum atomic E-state index is 14.0. The molecule has 5 nitrogen and oxygen atoms in total. The highest BCUT2D eigenvalue weighted by molar-refractivity contribution is 5.37. The Morgan fingerprint density at radius 1 is 1.47 bits per heavy atom. The maximum absolute atomic E-state index is 14.0.